The van der Waals surface area contributed by atoms with Crippen LogP contribution < -0.4 is 5.73 Å². The molecule has 0 aliphatic rings. The summed E-state index contributed by atoms with van der Waals surface area (Å²) in [6.45, 7) is 2.12. The van der Waals surface area contributed by atoms with Gasteiger partial charge in [0.15, 0.2) is 0 Å². The smallest absolute Gasteiger partial charge is 0.0589 e. The van der Waals surface area contributed by atoms with Gasteiger partial charge in [-0.25, -0.2) is 0 Å². The first-order chi connectivity index (χ1) is 8.72. The van der Waals surface area contributed by atoms with E-state index in [1.165, 1.54) is 4.88 Å². The summed E-state index contributed by atoms with van der Waals surface area (Å²) in [5.74, 6) is 0. The standard InChI is InChI=1S/C14H16ClNS2/c1-2-11(16)14(13-8-5-9-17-13)18-12-7-4-3-6-10(12)15/h3-9,11,14H,2,16H2,1H3. The third-order valence-electron chi connectivity index (χ3n) is 2.77. The van der Waals surface area contributed by atoms with Crippen LogP contribution in [0.2, 0.25) is 5.02 Å². The minimum absolute atomic E-state index is 0.143. The van der Waals surface area contributed by atoms with Gasteiger partial charge in [0.05, 0.1) is 10.3 Å². The maximum atomic E-state index is 6.25. The second kappa shape index (κ2) is 6.62. The molecular formula is C14H16ClNS2. The molecule has 0 aliphatic heterocycles. The Bertz CT molecular complexity index is 484. The van der Waals surface area contributed by atoms with Gasteiger partial charge in [0.1, 0.15) is 0 Å². The summed E-state index contributed by atoms with van der Waals surface area (Å²) in [6.07, 6.45) is 0.958. The molecule has 0 saturated carbocycles. The number of thioether (sulfide) groups is 1. The molecular weight excluding hydrogens is 282 g/mol. The Morgan fingerprint density at radius 2 is 2.06 bits per heavy atom. The third kappa shape index (κ3) is 3.29. The number of hydrogen-bond acceptors (Lipinski definition) is 3. The van der Waals surface area contributed by atoms with Gasteiger partial charge in [0, 0.05) is 15.8 Å². The Balaban J connectivity index is 2.24. The fourth-order valence-corrected chi connectivity index (χ4v) is 4.23. The van der Waals surface area contributed by atoms with E-state index in [0.29, 0.717) is 0 Å². The first-order valence-electron chi connectivity index (χ1n) is 5.92. The van der Waals surface area contributed by atoms with E-state index in [1.54, 1.807) is 23.1 Å². The monoisotopic (exact) mass is 297 g/mol. The highest BCUT2D eigenvalue weighted by atomic mass is 35.5. The normalized spacial score (nSPS) is 14.4. The molecule has 1 heterocycles. The average molecular weight is 298 g/mol. The van der Waals surface area contributed by atoms with E-state index >= 15 is 0 Å². The number of halogens is 1. The molecule has 2 unspecified atom stereocenters. The van der Waals surface area contributed by atoms with Crippen molar-refractivity contribution in [1.29, 1.82) is 0 Å². The molecule has 0 radical (unpaired) electrons. The van der Waals surface area contributed by atoms with Crippen LogP contribution in [0.4, 0.5) is 0 Å². The minimum Gasteiger partial charge on any atom is -0.326 e. The van der Waals surface area contributed by atoms with E-state index in [-0.39, 0.29) is 11.3 Å². The van der Waals surface area contributed by atoms with Crippen LogP contribution in [-0.4, -0.2) is 6.04 Å². The molecule has 2 aromatic rings. The first-order valence-corrected chi connectivity index (χ1v) is 8.06. The quantitative estimate of drug-likeness (QED) is 0.788. The highest BCUT2D eigenvalue weighted by Gasteiger charge is 2.21. The lowest BCUT2D eigenvalue weighted by molar-refractivity contribution is 0.640. The van der Waals surface area contributed by atoms with Crippen LogP contribution in [0.5, 0.6) is 0 Å². The second-order valence-electron chi connectivity index (χ2n) is 4.06. The predicted molar refractivity (Wildman–Crippen MR) is 82.6 cm³/mol. The highest BCUT2D eigenvalue weighted by molar-refractivity contribution is 7.99. The summed E-state index contributed by atoms with van der Waals surface area (Å²) in [4.78, 5) is 2.41. The van der Waals surface area contributed by atoms with E-state index in [9.17, 15) is 0 Å². The Kier molecular flexibility index (Phi) is 5.13. The zero-order chi connectivity index (χ0) is 13.0. The molecule has 2 atom stereocenters. The van der Waals surface area contributed by atoms with Crippen LogP contribution in [0.1, 0.15) is 23.5 Å². The molecule has 0 amide bonds. The fraction of sp³-hybridized carbons (Fsp3) is 0.286. The molecule has 4 heteroatoms. The molecule has 0 bridgehead atoms. The maximum Gasteiger partial charge on any atom is 0.0589 e. The summed E-state index contributed by atoms with van der Waals surface area (Å²) >= 11 is 9.73. The highest BCUT2D eigenvalue weighted by Crippen LogP contribution is 2.42. The van der Waals surface area contributed by atoms with Crippen molar-refractivity contribution in [2.24, 2.45) is 5.73 Å². The van der Waals surface area contributed by atoms with Gasteiger partial charge in [-0.15, -0.1) is 23.1 Å². The number of nitrogens with two attached hydrogens (primary N) is 1. The Labute approximate surface area is 121 Å². The Morgan fingerprint density at radius 3 is 2.67 bits per heavy atom. The van der Waals surface area contributed by atoms with Crippen LogP contribution in [0.3, 0.4) is 0 Å². The van der Waals surface area contributed by atoms with E-state index in [1.807, 2.05) is 18.2 Å². The Morgan fingerprint density at radius 1 is 1.28 bits per heavy atom. The second-order valence-corrected chi connectivity index (χ2v) is 6.63. The molecule has 2 N–H and O–H groups in total. The number of rotatable bonds is 5. The van der Waals surface area contributed by atoms with Gasteiger partial charge in [0.2, 0.25) is 0 Å². The van der Waals surface area contributed by atoms with Crippen molar-refractivity contribution >= 4 is 34.7 Å². The molecule has 0 saturated heterocycles. The van der Waals surface area contributed by atoms with Crippen molar-refractivity contribution in [3.8, 4) is 0 Å². The molecule has 0 aliphatic carbocycles. The SMILES string of the molecule is CCC(N)C(Sc1ccccc1Cl)c1cccs1. The third-order valence-corrected chi connectivity index (χ3v) is 5.79. The lowest BCUT2D eigenvalue weighted by Gasteiger charge is -2.21. The van der Waals surface area contributed by atoms with Gasteiger partial charge in [-0.1, -0.05) is 36.7 Å². The summed E-state index contributed by atoms with van der Waals surface area (Å²) < 4.78 is 0. The van der Waals surface area contributed by atoms with Gasteiger partial charge in [-0.2, -0.15) is 0 Å². The van der Waals surface area contributed by atoms with E-state index in [2.05, 4.69) is 30.5 Å². The summed E-state index contributed by atoms with van der Waals surface area (Å²) in [7, 11) is 0. The van der Waals surface area contributed by atoms with Crippen LogP contribution in [-0.2, 0) is 0 Å². The van der Waals surface area contributed by atoms with Crippen LogP contribution in [0.15, 0.2) is 46.7 Å². The lowest BCUT2D eigenvalue weighted by Crippen LogP contribution is -2.25. The Hall–Kier alpha value is -0.480. The van der Waals surface area contributed by atoms with Crippen LogP contribution in [0, 0.1) is 0 Å². The van der Waals surface area contributed by atoms with Crippen molar-refractivity contribution in [2.45, 2.75) is 29.5 Å². The molecule has 1 aromatic carbocycles. The molecule has 2 rings (SSSR count). The van der Waals surface area contributed by atoms with Crippen molar-refractivity contribution in [3.63, 3.8) is 0 Å². The topological polar surface area (TPSA) is 26.0 Å². The molecule has 18 heavy (non-hydrogen) atoms. The average Bonchev–Trinajstić information content (AvgIpc) is 2.90. The van der Waals surface area contributed by atoms with E-state index < -0.39 is 0 Å². The van der Waals surface area contributed by atoms with Crippen molar-refractivity contribution in [2.75, 3.05) is 0 Å². The predicted octanol–water partition coefficient (Wildman–Crippen LogP) is 4.97. The largest absolute Gasteiger partial charge is 0.326 e. The first kappa shape index (κ1) is 13.9. The van der Waals surface area contributed by atoms with Gasteiger partial charge in [-0.05, 0) is 30.0 Å². The van der Waals surface area contributed by atoms with Crippen molar-refractivity contribution < 1.29 is 0 Å². The number of hydrogen-bond donors (Lipinski definition) is 1. The van der Waals surface area contributed by atoms with Crippen molar-refractivity contribution in [1.82, 2.24) is 0 Å². The lowest BCUT2D eigenvalue weighted by atomic mass is 10.1. The molecule has 96 valence electrons. The fourth-order valence-electron chi connectivity index (χ4n) is 1.70. The summed E-state index contributed by atoms with van der Waals surface area (Å²) in [6, 6.07) is 12.3. The number of benzene rings is 1. The minimum atomic E-state index is 0.143. The van der Waals surface area contributed by atoms with Gasteiger partial charge < -0.3 is 5.73 Å². The summed E-state index contributed by atoms with van der Waals surface area (Å²) in [5.41, 5.74) is 6.25. The van der Waals surface area contributed by atoms with Gasteiger partial charge in [-0.3, -0.25) is 0 Å². The molecule has 1 nitrogen and oxygen atoms in total. The molecule has 1 aromatic heterocycles. The maximum absolute atomic E-state index is 6.25. The van der Waals surface area contributed by atoms with Gasteiger partial charge in [0.25, 0.3) is 0 Å². The van der Waals surface area contributed by atoms with E-state index in [0.717, 1.165) is 16.3 Å². The zero-order valence-corrected chi connectivity index (χ0v) is 12.6. The van der Waals surface area contributed by atoms with Crippen LogP contribution in [0.25, 0.3) is 0 Å². The van der Waals surface area contributed by atoms with E-state index in [4.69, 9.17) is 17.3 Å². The van der Waals surface area contributed by atoms with Crippen molar-refractivity contribution in [3.05, 3.63) is 51.7 Å². The van der Waals surface area contributed by atoms with Crippen LogP contribution >= 0.6 is 34.7 Å². The molecule has 0 spiro atoms. The zero-order valence-electron chi connectivity index (χ0n) is 10.2. The summed E-state index contributed by atoms with van der Waals surface area (Å²) in [5, 5.41) is 3.17. The van der Waals surface area contributed by atoms with Gasteiger partial charge >= 0.3 is 0 Å². The molecule has 0 fully saturated rings. The number of thiophene rings is 1.